The van der Waals surface area contributed by atoms with Crippen LogP contribution in [0.5, 0.6) is 0 Å². The highest BCUT2D eigenvalue weighted by Gasteiger charge is 2.22. The molecule has 1 aliphatic heterocycles. The highest BCUT2D eigenvalue weighted by molar-refractivity contribution is 7.99. The van der Waals surface area contributed by atoms with Gasteiger partial charge >= 0.3 is 0 Å². The van der Waals surface area contributed by atoms with Gasteiger partial charge in [0.05, 0.1) is 0 Å². The molecule has 2 fully saturated rings. The Morgan fingerprint density at radius 3 is 2.72 bits per heavy atom. The van der Waals surface area contributed by atoms with Gasteiger partial charge in [-0.15, -0.1) is 12.4 Å². The minimum Gasteiger partial charge on any atom is -0.345 e. The van der Waals surface area contributed by atoms with E-state index in [2.05, 4.69) is 5.32 Å². The Kier molecular flexibility index (Phi) is 7.42. The maximum atomic E-state index is 12.1. The quantitative estimate of drug-likeness (QED) is 0.862. The molecule has 1 aliphatic carbocycles. The van der Waals surface area contributed by atoms with Crippen LogP contribution in [0.25, 0.3) is 0 Å². The van der Waals surface area contributed by atoms with Gasteiger partial charge in [0.2, 0.25) is 5.91 Å². The monoisotopic (exact) mass is 292 g/mol. The van der Waals surface area contributed by atoms with Crippen molar-refractivity contribution in [2.24, 2.45) is 5.92 Å². The second-order valence-corrected chi connectivity index (χ2v) is 6.50. The molecule has 18 heavy (non-hydrogen) atoms. The first-order chi connectivity index (χ1) is 8.25. The number of hydrogen-bond donors (Lipinski definition) is 1. The number of halogens is 1. The predicted octanol–water partition coefficient (Wildman–Crippen LogP) is 2.15. The van der Waals surface area contributed by atoms with Gasteiger partial charge in [-0.1, -0.05) is 12.8 Å². The van der Waals surface area contributed by atoms with Crippen LogP contribution in [-0.4, -0.2) is 48.5 Å². The van der Waals surface area contributed by atoms with E-state index in [4.69, 9.17) is 0 Å². The third-order valence-corrected chi connectivity index (χ3v) is 4.98. The number of rotatable bonds is 4. The van der Waals surface area contributed by atoms with E-state index in [1.807, 2.05) is 23.7 Å². The largest absolute Gasteiger partial charge is 0.345 e. The smallest absolute Gasteiger partial charge is 0.223 e. The summed E-state index contributed by atoms with van der Waals surface area (Å²) in [7, 11) is 1.97. The normalized spacial score (nSPS) is 24.6. The van der Waals surface area contributed by atoms with Gasteiger partial charge in [0.1, 0.15) is 0 Å². The third kappa shape index (κ3) is 4.98. The molecule has 0 bridgehead atoms. The summed E-state index contributed by atoms with van der Waals surface area (Å²) in [6, 6.07) is 0.396. The maximum Gasteiger partial charge on any atom is 0.223 e. The number of thioether (sulfide) groups is 1. The minimum atomic E-state index is 0. The topological polar surface area (TPSA) is 32.3 Å². The first-order valence-corrected chi connectivity index (χ1v) is 7.96. The Balaban J connectivity index is 0.00000162. The molecule has 2 rings (SSSR count). The molecule has 106 valence electrons. The summed E-state index contributed by atoms with van der Waals surface area (Å²) in [6.07, 6.45) is 6.02. The first kappa shape index (κ1) is 16.1. The summed E-state index contributed by atoms with van der Waals surface area (Å²) < 4.78 is 0. The Labute approximate surface area is 121 Å². The SMILES string of the molecule is CN(CC1CCCC1)C(=O)CC1CSCCN1.Cl. The standard InChI is InChI=1S/C13H24N2OS.ClH/c1-15(9-11-4-2-3-5-11)13(16)8-12-10-17-7-6-14-12;/h11-12,14H,2-10H2,1H3;1H. The zero-order chi connectivity index (χ0) is 12.1. The van der Waals surface area contributed by atoms with Gasteiger partial charge in [-0.25, -0.2) is 0 Å². The molecule has 1 unspecified atom stereocenters. The molecular formula is C13H25ClN2OS. The molecule has 0 aromatic carbocycles. The van der Waals surface area contributed by atoms with Crippen LogP contribution in [0.3, 0.4) is 0 Å². The lowest BCUT2D eigenvalue weighted by atomic mass is 10.1. The molecule has 1 saturated carbocycles. The molecule has 2 aliphatic rings. The molecule has 0 radical (unpaired) electrons. The number of carbonyl (C=O) groups excluding carboxylic acids is 1. The molecule has 0 aromatic rings. The van der Waals surface area contributed by atoms with Crippen LogP contribution in [0.1, 0.15) is 32.1 Å². The molecular weight excluding hydrogens is 268 g/mol. The number of amides is 1. The van der Waals surface area contributed by atoms with E-state index in [0.29, 0.717) is 18.4 Å². The molecule has 1 N–H and O–H groups in total. The summed E-state index contributed by atoms with van der Waals surface area (Å²) in [5.74, 6) is 3.35. The lowest BCUT2D eigenvalue weighted by Gasteiger charge is -2.26. The van der Waals surface area contributed by atoms with E-state index >= 15 is 0 Å². The number of nitrogens with one attached hydrogen (secondary N) is 1. The molecule has 1 amide bonds. The Morgan fingerprint density at radius 2 is 2.11 bits per heavy atom. The highest BCUT2D eigenvalue weighted by Crippen LogP contribution is 2.25. The zero-order valence-electron chi connectivity index (χ0n) is 11.2. The lowest BCUT2D eigenvalue weighted by Crippen LogP contribution is -2.42. The molecule has 1 heterocycles. The van der Waals surface area contributed by atoms with Crippen molar-refractivity contribution in [1.82, 2.24) is 10.2 Å². The minimum absolute atomic E-state index is 0. The molecule has 5 heteroatoms. The molecule has 0 aromatic heterocycles. The van der Waals surface area contributed by atoms with E-state index in [9.17, 15) is 4.79 Å². The van der Waals surface area contributed by atoms with Gasteiger partial charge in [-0.05, 0) is 18.8 Å². The average Bonchev–Trinajstić information content (AvgIpc) is 2.83. The van der Waals surface area contributed by atoms with Crippen molar-refractivity contribution < 1.29 is 4.79 Å². The van der Waals surface area contributed by atoms with E-state index in [1.54, 1.807) is 0 Å². The third-order valence-electron chi connectivity index (χ3n) is 3.85. The summed E-state index contributed by atoms with van der Waals surface area (Å²) in [4.78, 5) is 14.0. The van der Waals surface area contributed by atoms with Crippen molar-refractivity contribution in [2.75, 3.05) is 31.6 Å². The van der Waals surface area contributed by atoms with Crippen molar-refractivity contribution in [3.63, 3.8) is 0 Å². The van der Waals surface area contributed by atoms with Crippen LogP contribution in [-0.2, 0) is 4.79 Å². The Hall–Kier alpha value is 0.0700. The van der Waals surface area contributed by atoms with Gasteiger partial charge in [0.15, 0.2) is 0 Å². The fourth-order valence-corrected chi connectivity index (χ4v) is 3.75. The fourth-order valence-electron chi connectivity index (χ4n) is 2.80. The number of hydrogen-bond acceptors (Lipinski definition) is 3. The van der Waals surface area contributed by atoms with Crippen LogP contribution in [0.15, 0.2) is 0 Å². The summed E-state index contributed by atoms with van der Waals surface area (Å²) in [5.41, 5.74) is 0. The molecule has 0 spiro atoms. The summed E-state index contributed by atoms with van der Waals surface area (Å²) >= 11 is 1.96. The van der Waals surface area contributed by atoms with Crippen molar-refractivity contribution >= 4 is 30.1 Å². The summed E-state index contributed by atoms with van der Waals surface area (Å²) in [5, 5.41) is 3.43. The van der Waals surface area contributed by atoms with Gasteiger partial charge in [-0.2, -0.15) is 11.8 Å². The average molecular weight is 293 g/mol. The van der Waals surface area contributed by atoms with E-state index in [0.717, 1.165) is 24.8 Å². The van der Waals surface area contributed by atoms with E-state index in [-0.39, 0.29) is 12.4 Å². The van der Waals surface area contributed by atoms with Crippen molar-refractivity contribution in [3.05, 3.63) is 0 Å². The zero-order valence-corrected chi connectivity index (χ0v) is 12.8. The molecule has 1 atom stereocenters. The fraction of sp³-hybridized carbons (Fsp3) is 0.923. The summed E-state index contributed by atoms with van der Waals surface area (Å²) in [6.45, 7) is 2.02. The van der Waals surface area contributed by atoms with Gasteiger partial charge < -0.3 is 10.2 Å². The van der Waals surface area contributed by atoms with Gasteiger partial charge in [0.25, 0.3) is 0 Å². The Bertz CT molecular complexity index is 253. The lowest BCUT2D eigenvalue weighted by molar-refractivity contribution is -0.130. The number of nitrogens with zero attached hydrogens (tertiary/aromatic N) is 1. The number of carbonyl (C=O) groups is 1. The van der Waals surface area contributed by atoms with E-state index in [1.165, 1.54) is 31.4 Å². The van der Waals surface area contributed by atoms with Gasteiger partial charge in [0, 0.05) is 44.1 Å². The van der Waals surface area contributed by atoms with Crippen LogP contribution >= 0.6 is 24.2 Å². The maximum absolute atomic E-state index is 12.1. The molecule has 3 nitrogen and oxygen atoms in total. The Morgan fingerprint density at radius 1 is 1.39 bits per heavy atom. The van der Waals surface area contributed by atoms with Gasteiger partial charge in [-0.3, -0.25) is 4.79 Å². The van der Waals surface area contributed by atoms with Crippen LogP contribution in [0.4, 0.5) is 0 Å². The second kappa shape index (κ2) is 8.28. The molecule has 1 saturated heterocycles. The second-order valence-electron chi connectivity index (χ2n) is 5.35. The predicted molar refractivity (Wildman–Crippen MR) is 80.6 cm³/mol. The van der Waals surface area contributed by atoms with Crippen LogP contribution in [0, 0.1) is 5.92 Å². The van der Waals surface area contributed by atoms with Crippen molar-refractivity contribution in [2.45, 2.75) is 38.1 Å². The van der Waals surface area contributed by atoms with E-state index < -0.39 is 0 Å². The van der Waals surface area contributed by atoms with Crippen molar-refractivity contribution in [3.8, 4) is 0 Å². The van der Waals surface area contributed by atoms with Crippen molar-refractivity contribution in [1.29, 1.82) is 0 Å². The first-order valence-electron chi connectivity index (χ1n) is 6.81. The van der Waals surface area contributed by atoms with Crippen LogP contribution in [0.2, 0.25) is 0 Å². The van der Waals surface area contributed by atoms with Crippen LogP contribution < -0.4 is 5.32 Å². The highest BCUT2D eigenvalue weighted by atomic mass is 35.5.